The van der Waals surface area contributed by atoms with Gasteiger partial charge in [-0.3, -0.25) is 0 Å². The highest BCUT2D eigenvalue weighted by atomic mass is 32.5. The number of hydrogen-bond acceptors (Lipinski definition) is 11. The fourth-order valence-electron chi connectivity index (χ4n) is 3.55. The minimum Gasteiger partial charge on any atom is -0.420 e. The van der Waals surface area contributed by atoms with Crippen molar-refractivity contribution in [1.29, 1.82) is 0 Å². The van der Waals surface area contributed by atoms with Crippen molar-refractivity contribution in [2.45, 2.75) is 65.5 Å². The van der Waals surface area contributed by atoms with Crippen molar-refractivity contribution in [3.05, 3.63) is 0 Å². The second kappa shape index (κ2) is 12.9. The molecule has 0 bridgehead atoms. The van der Waals surface area contributed by atoms with E-state index in [1.54, 1.807) is 10.7 Å². The molecule has 0 amide bonds. The second-order valence-corrected chi connectivity index (χ2v) is 37.6. The third kappa shape index (κ3) is 10.7. The third-order valence-electron chi connectivity index (χ3n) is 4.19. The second-order valence-electron chi connectivity index (χ2n) is 7.66. The Hall–Kier alpha value is 2.12. The molecule has 0 saturated carbocycles. The molecule has 0 radical (unpaired) electrons. The Balaban J connectivity index is 2.24. The zero-order valence-corrected chi connectivity index (χ0v) is 32.2. The molecule has 2 aliphatic rings. The van der Waals surface area contributed by atoms with E-state index in [0.29, 0.717) is 0 Å². The predicted octanol–water partition coefficient (Wildman–Crippen LogP) is -0.147. The first-order valence-electron chi connectivity index (χ1n) is 10.6. The summed E-state index contributed by atoms with van der Waals surface area (Å²) in [4.78, 5) is 0. The Labute approximate surface area is 206 Å². The molecule has 2 fully saturated rings. The van der Waals surface area contributed by atoms with Crippen LogP contribution in [0.2, 0.25) is 65.5 Å². The maximum atomic E-state index is 6.54. The van der Waals surface area contributed by atoms with Gasteiger partial charge in [-0.15, -0.1) is 0 Å². The molecule has 2 saturated heterocycles. The van der Waals surface area contributed by atoms with Crippen molar-refractivity contribution < 1.29 is 41.2 Å². The van der Waals surface area contributed by atoms with Crippen molar-refractivity contribution in [2.75, 3.05) is 0 Å². The van der Waals surface area contributed by atoms with Gasteiger partial charge in [-0.1, -0.05) is 10.7 Å². The lowest BCUT2D eigenvalue weighted by Gasteiger charge is -2.41. The molecule has 0 aromatic carbocycles. The summed E-state index contributed by atoms with van der Waals surface area (Å²) in [7, 11) is -18.7. The van der Waals surface area contributed by atoms with Crippen LogP contribution in [0.5, 0.6) is 0 Å². The van der Waals surface area contributed by atoms with E-state index >= 15 is 0 Å². The van der Waals surface area contributed by atoms with Gasteiger partial charge in [0.05, 0.1) is 0 Å². The SMILES string of the molecule is C[SiH]1O[SiH](C)O[SiH](C)O[Si](C)(S[Si]2(C)O[SiH](C)O[SiH](C)O[SiH](C)O[SiH](C)O2)O[SiH](C)O1. The van der Waals surface area contributed by atoms with Crippen LogP contribution < -0.4 is 0 Å². The van der Waals surface area contributed by atoms with Crippen LogP contribution in [0, 0.1) is 0 Å². The summed E-state index contributed by atoms with van der Waals surface area (Å²) < 4.78 is 62.7. The smallest absolute Gasteiger partial charge is 0.383 e. The first kappa shape index (κ1) is 29.3. The van der Waals surface area contributed by atoms with E-state index in [0.717, 1.165) is 0 Å². The third-order valence-corrected chi connectivity index (χ3v) is 47.9. The summed E-state index contributed by atoms with van der Waals surface area (Å²) in [5.41, 5.74) is 0. The van der Waals surface area contributed by atoms with Crippen molar-refractivity contribution in [2.24, 2.45) is 0 Å². The Morgan fingerprint density at radius 1 is 0.387 bits per heavy atom. The Morgan fingerprint density at radius 2 is 0.581 bits per heavy atom. The largest absolute Gasteiger partial charge is 0.420 e. The van der Waals surface area contributed by atoms with Gasteiger partial charge in [0.1, 0.15) is 0 Å². The van der Waals surface area contributed by atoms with Gasteiger partial charge >= 0.3 is 52.6 Å². The number of rotatable bonds is 2. The summed E-state index contributed by atoms with van der Waals surface area (Å²) >= 11 is 0. The summed E-state index contributed by atoms with van der Waals surface area (Å²) in [5.74, 6) is 0. The van der Waals surface area contributed by atoms with Crippen LogP contribution in [-0.4, -0.2) is 89.7 Å². The molecule has 8 atom stereocenters. The van der Waals surface area contributed by atoms with Gasteiger partial charge < -0.3 is 41.2 Å². The van der Waals surface area contributed by atoms with Gasteiger partial charge in [0.2, 0.25) is 0 Å². The van der Waals surface area contributed by atoms with Crippen LogP contribution in [0.1, 0.15) is 0 Å². The quantitative estimate of drug-likeness (QED) is 0.382. The van der Waals surface area contributed by atoms with Crippen LogP contribution in [0.15, 0.2) is 0 Å². The summed E-state index contributed by atoms with van der Waals surface area (Å²) in [6, 6.07) is 0. The normalized spacial score (nSPS) is 49.4. The van der Waals surface area contributed by atoms with E-state index in [1.807, 2.05) is 52.4 Å². The minimum atomic E-state index is -2.76. The molecule has 184 valence electrons. The highest BCUT2D eigenvalue weighted by Crippen LogP contribution is 2.37. The van der Waals surface area contributed by atoms with E-state index in [-0.39, 0.29) is 0 Å². The van der Waals surface area contributed by atoms with Crippen LogP contribution >= 0.6 is 10.7 Å². The zero-order chi connectivity index (χ0) is 23.4. The fraction of sp³-hybridized carbons (Fsp3) is 1.00. The molecule has 2 heterocycles. The molecule has 0 N–H and O–H groups in total. The number of hydrogen-bond donors (Lipinski definition) is 0. The van der Waals surface area contributed by atoms with E-state index in [2.05, 4.69) is 13.1 Å². The Morgan fingerprint density at radius 3 is 0.806 bits per heavy atom. The molecule has 8 unspecified atom stereocenters. The van der Waals surface area contributed by atoms with Crippen LogP contribution in [0.4, 0.5) is 0 Å². The molecule has 2 rings (SSSR count). The van der Waals surface area contributed by atoms with Crippen LogP contribution in [-0.2, 0) is 41.2 Å². The Kier molecular flexibility index (Phi) is 12.2. The highest BCUT2D eigenvalue weighted by Gasteiger charge is 2.51. The van der Waals surface area contributed by atoms with Crippen LogP contribution in [0.3, 0.4) is 0 Å². The molecular weight excluding hydrogens is 593 g/mol. The molecule has 0 spiro atoms. The molecule has 31 heavy (non-hydrogen) atoms. The lowest BCUT2D eigenvalue weighted by Crippen LogP contribution is -2.57. The fourth-order valence-corrected chi connectivity index (χ4v) is 55.2. The van der Waals surface area contributed by atoms with Gasteiger partial charge in [0.15, 0.2) is 0 Å². The van der Waals surface area contributed by atoms with Crippen molar-refractivity contribution in [3.8, 4) is 0 Å². The molecule has 0 aromatic rings. The van der Waals surface area contributed by atoms with Gasteiger partial charge in [0, 0.05) is 0 Å². The maximum absolute atomic E-state index is 6.54. The van der Waals surface area contributed by atoms with E-state index < -0.39 is 89.7 Å². The minimum absolute atomic E-state index is 1.63. The summed E-state index contributed by atoms with van der Waals surface area (Å²) in [6.45, 7) is 20.5. The lowest BCUT2D eigenvalue weighted by atomic mass is 11.9. The predicted molar refractivity (Wildman–Crippen MR) is 146 cm³/mol. The average Bonchev–Trinajstić information content (AvgIpc) is 2.49. The van der Waals surface area contributed by atoms with Crippen molar-refractivity contribution in [3.63, 3.8) is 0 Å². The van der Waals surface area contributed by atoms with Gasteiger partial charge in [0.25, 0.3) is 37.1 Å². The summed E-state index contributed by atoms with van der Waals surface area (Å²) in [6.07, 6.45) is 0. The summed E-state index contributed by atoms with van der Waals surface area (Å²) in [5, 5.41) is 0. The molecular formula is C10H38O10SSi10. The van der Waals surface area contributed by atoms with E-state index in [4.69, 9.17) is 41.2 Å². The van der Waals surface area contributed by atoms with E-state index in [9.17, 15) is 0 Å². The molecule has 0 aromatic heterocycles. The molecule has 10 nitrogen and oxygen atoms in total. The first-order valence-corrected chi connectivity index (χ1v) is 34.3. The van der Waals surface area contributed by atoms with E-state index in [1.165, 1.54) is 0 Å². The van der Waals surface area contributed by atoms with Crippen molar-refractivity contribution >= 4 is 100 Å². The lowest BCUT2D eigenvalue weighted by molar-refractivity contribution is 0.290. The maximum Gasteiger partial charge on any atom is 0.383 e. The topological polar surface area (TPSA) is 92.3 Å². The van der Waals surface area contributed by atoms with Gasteiger partial charge in [-0.2, -0.15) is 0 Å². The van der Waals surface area contributed by atoms with Crippen molar-refractivity contribution in [1.82, 2.24) is 0 Å². The zero-order valence-electron chi connectivity index (χ0n) is 20.1. The molecule has 2 aliphatic heterocycles. The molecule has 0 aliphatic carbocycles. The van der Waals surface area contributed by atoms with Crippen LogP contribution in [0.25, 0.3) is 0 Å². The van der Waals surface area contributed by atoms with Gasteiger partial charge in [-0.05, 0) is 65.5 Å². The first-order chi connectivity index (χ1) is 14.3. The molecule has 21 heteroatoms. The average molecular weight is 631 g/mol. The van der Waals surface area contributed by atoms with Gasteiger partial charge in [-0.25, -0.2) is 0 Å². The highest BCUT2D eigenvalue weighted by molar-refractivity contribution is 8.48. The monoisotopic (exact) mass is 630 g/mol. The Bertz CT molecular complexity index is 490. The standard InChI is InChI=1S/C10H38O10SSi10/c1-22-11-23(2)14-27(6)18-30(9,17-26(5)13-22)21-31(10)19-28(7)15-24(3)12-25(4)16-29(8)20-31/h22-29H,1-10H3.